The quantitative estimate of drug-likeness (QED) is 0.627. The molecular weight excluding hydrogens is 384 g/mol. The smallest absolute Gasteiger partial charge is 0.258 e. The van der Waals surface area contributed by atoms with Crippen LogP contribution < -0.4 is 14.8 Å². The highest BCUT2D eigenvalue weighted by Gasteiger charge is 2.33. The number of nitrogens with zero attached hydrogens (tertiary/aromatic N) is 1. The number of carbonyl (C=O) groups excluding carboxylic acids is 1. The van der Waals surface area contributed by atoms with E-state index in [1.165, 1.54) is 4.90 Å². The normalized spacial score (nSPS) is 17.1. The van der Waals surface area contributed by atoms with E-state index >= 15 is 0 Å². The largest absolute Gasteiger partial charge is 0.454 e. The number of nitrogens with one attached hydrogen (secondary N) is 1. The minimum absolute atomic E-state index is 0.0101. The maximum atomic E-state index is 13.4. The Morgan fingerprint density at radius 2 is 1.83 bits per heavy atom. The highest BCUT2D eigenvalue weighted by atomic mass is 32.2. The first-order chi connectivity index (χ1) is 14.2. The van der Waals surface area contributed by atoms with Gasteiger partial charge in [-0.1, -0.05) is 30.3 Å². The van der Waals surface area contributed by atoms with Gasteiger partial charge in [0.1, 0.15) is 6.17 Å². The van der Waals surface area contributed by atoms with E-state index in [0.717, 1.165) is 28.3 Å². The molecule has 6 heteroatoms. The van der Waals surface area contributed by atoms with Gasteiger partial charge in [-0.25, -0.2) is 0 Å². The Hall–Kier alpha value is -3.12. The molecule has 29 heavy (non-hydrogen) atoms. The van der Waals surface area contributed by atoms with Crippen molar-refractivity contribution in [3.8, 4) is 11.5 Å². The average Bonchev–Trinajstić information content (AvgIpc) is 3.24. The molecule has 1 amide bonds. The number of para-hydroxylation sites is 1. The van der Waals surface area contributed by atoms with Crippen LogP contribution in [0.25, 0.3) is 0 Å². The second-order valence-corrected chi connectivity index (χ2v) is 7.87. The van der Waals surface area contributed by atoms with Gasteiger partial charge >= 0.3 is 0 Å². The molecule has 0 fully saturated rings. The number of thioether (sulfide) groups is 1. The Morgan fingerprint density at radius 1 is 1.03 bits per heavy atom. The summed E-state index contributed by atoms with van der Waals surface area (Å²) in [6.07, 6.45) is 1.80. The molecule has 0 bridgehead atoms. The number of fused-ring (bicyclic) bond motifs is 2. The van der Waals surface area contributed by atoms with Crippen molar-refractivity contribution < 1.29 is 14.3 Å². The first-order valence-electron chi connectivity index (χ1n) is 9.42. The average molecular weight is 404 g/mol. The van der Waals surface area contributed by atoms with E-state index in [1.807, 2.05) is 47.4 Å². The summed E-state index contributed by atoms with van der Waals surface area (Å²) in [5, 5.41) is 3.55. The third kappa shape index (κ3) is 3.29. The zero-order chi connectivity index (χ0) is 19.8. The molecule has 5 rings (SSSR count). The number of benzene rings is 3. The number of amides is 1. The van der Waals surface area contributed by atoms with E-state index in [-0.39, 0.29) is 18.9 Å². The Bertz CT molecular complexity index is 1070. The highest BCUT2D eigenvalue weighted by molar-refractivity contribution is 7.98. The molecule has 3 aromatic carbocycles. The molecule has 2 aliphatic rings. The number of hydrogen-bond acceptors (Lipinski definition) is 5. The molecule has 2 heterocycles. The van der Waals surface area contributed by atoms with Gasteiger partial charge in [0.15, 0.2) is 11.5 Å². The number of hydrogen-bond donors (Lipinski definition) is 1. The molecule has 0 saturated carbocycles. The summed E-state index contributed by atoms with van der Waals surface area (Å²) in [6, 6.07) is 21.8. The van der Waals surface area contributed by atoms with Crippen molar-refractivity contribution in [2.45, 2.75) is 17.6 Å². The SMILES string of the molecule is CSc1ccc([C@@H]2Nc3ccccc3C(=O)N2Cc2ccc3c(c2)OCO3)cc1. The van der Waals surface area contributed by atoms with Gasteiger partial charge in [-0.2, -0.15) is 0 Å². The van der Waals surface area contributed by atoms with Crippen molar-refractivity contribution in [1.29, 1.82) is 0 Å². The summed E-state index contributed by atoms with van der Waals surface area (Å²) in [5.41, 5.74) is 3.59. The Labute approximate surface area is 173 Å². The molecule has 0 spiro atoms. The lowest BCUT2D eigenvalue weighted by molar-refractivity contribution is 0.0666. The molecule has 1 atom stereocenters. The van der Waals surface area contributed by atoms with Gasteiger partial charge in [0.05, 0.1) is 5.56 Å². The van der Waals surface area contributed by atoms with Crippen molar-refractivity contribution in [3.63, 3.8) is 0 Å². The van der Waals surface area contributed by atoms with Gasteiger partial charge in [-0.05, 0) is 53.8 Å². The minimum atomic E-state index is -0.251. The van der Waals surface area contributed by atoms with Gasteiger partial charge < -0.3 is 19.7 Å². The van der Waals surface area contributed by atoms with Gasteiger partial charge in [0, 0.05) is 17.1 Å². The van der Waals surface area contributed by atoms with Gasteiger partial charge in [-0.3, -0.25) is 4.79 Å². The predicted molar refractivity (Wildman–Crippen MR) is 113 cm³/mol. The summed E-state index contributed by atoms with van der Waals surface area (Å²) in [5.74, 6) is 1.48. The Balaban J connectivity index is 1.52. The van der Waals surface area contributed by atoms with E-state index in [0.29, 0.717) is 12.1 Å². The van der Waals surface area contributed by atoms with Gasteiger partial charge in [0.2, 0.25) is 6.79 Å². The van der Waals surface area contributed by atoms with Gasteiger partial charge in [0.25, 0.3) is 5.91 Å². The first kappa shape index (κ1) is 17.9. The zero-order valence-corrected chi connectivity index (χ0v) is 16.7. The van der Waals surface area contributed by atoms with E-state index < -0.39 is 0 Å². The van der Waals surface area contributed by atoms with Crippen LogP contribution in [0.5, 0.6) is 11.5 Å². The molecule has 1 N–H and O–H groups in total. The molecule has 0 aliphatic carbocycles. The monoisotopic (exact) mass is 404 g/mol. The van der Waals surface area contributed by atoms with E-state index in [1.54, 1.807) is 11.8 Å². The van der Waals surface area contributed by atoms with Crippen LogP contribution in [-0.2, 0) is 6.54 Å². The predicted octanol–water partition coefficient (Wildman–Crippen LogP) is 4.90. The second kappa shape index (κ2) is 7.37. The van der Waals surface area contributed by atoms with Crippen LogP contribution in [0.15, 0.2) is 71.6 Å². The lowest BCUT2D eigenvalue weighted by Gasteiger charge is -2.38. The fraction of sp³-hybridized carbons (Fsp3) is 0.174. The molecule has 3 aromatic rings. The van der Waals surface area contributed by atoms with E-state index in [9.17, 15) is 4.79 Å². The topological polar surface area (TPSA) is 50.8 Å². The van der Waals surface area contributed by atoms with E-state index in [4.69, 9.17) is 9.47 Å². The number of anilines is 1. The maximum Gasteiger partial charge on any atom is 0.258 e. The lowest BCUT2D eigenvalue weighted by atomic mass is 10.0. The first-order valence-corrected chi connectivity index (χ1v) is 10.6. The summed E-state index contributed by atoms with van der Waals surface area (Å²) >= 11 is 1.70. The number of rotatable bonds is 4. The Kier molecular flexibility index (Phi) is 4.56. The summed E-state index contributed by atoms with van der Waals surface area (Å²) < 4.78 is 10.9. The second-order valence-electron chi connectivity index (χ2n) is 6.99. The van der Waals surface area contributed by atoms with Crippen LogP contribution in [0.2, 0.25) is 0 Å². The number of carbonyl (C=O) groups is 1. The van der Waals surface area contributed by atoms with E-state index in [2.05, 4.69) is 35.8 Å². The minimum Gasteiger partial charge on any atom is -0.454 e. The summed E-state index contributed by atoms with van der Waals surface area (Å²) in [6.45, 7) is 0.701. The molecule has 0 aromatic heterocycles. The molecule has 5 nitrogen and oxygen atoms in total. The zero-order valence-electron chi connectivity index (χ0n) is 15.9. The fourth-order valence-electron chi connectivity index (χ4n) is 3.74. The molecule has 0 unspecified atom stereocenters. The third-order valence-electron chi connectivity index (χ3n) is 5.24. The highest BCUT2D eigenvalue weighted by Crippen LogP contribution is 2.37. The molecular formula is C23H20N2O3S. The van der Waals surface area contributed by atoms with Crippen LogP contribution >= 0.6 is 11.8 Å². The van der Waals surface area contributed by atoms with Crippen molar-refractivity contribution in [2.24, 2.45) is 0 Å². The van der Waals surface area contributed by atoms with Crippen molar-refractivity contribution in [2.75, 3.05) is 18.4 Å². The van der Waals surface area contributed by atoms with Crippen LogP contribution in [0.1, 0.15) is 27.7 Å². The van der Waals surface area contributed by atoms with Gasteiger partial charge in [-0.15, -0.1) is 11.8 Å². The standard InChI is InChI=1S/C23H20N2O3S/c1-29-17-9-7-16(8-10-17)22-24-19-5-3-2-4-18(19)23(26)25(22)13-15-6-11-20-21(12-15)28-14-27-20/h2-12,22,24H,13-14H2,1H3/t22-/m1/s1. The molecule has 146 valence electrons. The van der Waals surface area contributed by atoms with Crippen LogP contribution in [0.4, 0.5) is 5.69 Å². The van der Waals surface area contributed by atoms with Crippen LogP contribution in [0.3, 0.4) is 0 Å². The molecule has 0 saturated heterocycles. The molecule has 0 radical (unpaired) electrons. The van der Waals surface area contributed by atoms with Crippen molar-refractivity contribution in [3.05, 3.63) is 83.4 Å². The van der Waals surface area contributed by atoms with Crippen molar-refractivity contribution in [1.82, 2.24) is 4.90 Å². The number of ether oxygens (including phenoxy) is 2. The lowest BCUT2D eigenvalue weighted by Crippen LogP contribution is -2.42. The maximum absolute atomic E-state index is 13.4. The Morgan fingerprint density at radius 3 is 2.66 bits per heavy atom. The fourth-order valence-corrected chi connectivity index (χ4v) is 4.15. The summed E-state index contributed by atoms with van der Waals surface area (Å²) in [4.78, 5) is 16.4. The van der Waals surface area contributed by atoms with Crippen LogP contribution in [0, 0.1) is 0 Å². The van der Waals surface area contributed by atoms with Crippen molar-refractivity contribution >= 4 is 23.4 Å². The third-order valence-corrected chi connectivity index (χ3v) is 5.99. The molecule has 2 aliphatic heterocycles. The van der Waals surface area contributed by atoms with Crippen LogP contribution in [-0.4, -0.2) is 23.9 Å². The summed E-state index contributed by atoms with van der Waals surface area (Å²) in [7, 11) is 0.